The lowest BCUT2D eigenvalue weighted by atomic mass is 10.0. The van der Waals surface area contributed by atoms with Crippen LogP contribution in [0.2, 0.25) is 0 Å². The van der Waals surface area contributed by atoms with Crippen LogP contribution in [0.3, 0.4) is 0 Å². The molecule has 1 rings (SSSR count). The molecule has 0 atom stereocenters. The molecule has 18 heavy (non-hydrogen) atoms. The number of ether oxygens (including phenoxy) is 1. The summed E-state index contributed by atoms with van der Waals surface area (Å²) in [5, 5.41) is 2.88. The van der Waals surface area contributed by atoms with Crippen LogP contribution >= 0.6 is 12.4 Å². The van der Waals surface area contributed by atoms with Crippen molar-refractivity contribution in [2.45, 2.75) is 26.0 Å². The van der Waals surface area contributed by atoms with Gasteiger partial charge in [-0.1, -0.05) is 12.1 Å². The first kappa shape index (κ1) is 16.9. The maximum absolute atomic E-state index is 11.9. The molecule has 1 amide bonds. The van der Waals surface area contributed by atoms with Crippen LogP contribution in [0.5, 0.6) is 0 Å². The monoisotopic (exact) mass is 272 g/mol. The first-order valence-electron chi connectivity index (χ1n) is 5.59. The molecule has 0 unspecified atom stereocenters. The third kappa shape index (κ3) is 5.04. The lowest BCUT2D eigenvalue weighted by Crippen LogP contribution is -2.48. The fourth-order valence-corrected chi connectivity index (χ4v) is 1.35. The molecule has 0 aliphatic heterocycles. The van der Waals surface area contributed by atoms with E-state index < -0.39 is 0 Å². The summed E-state index contributed by atoms with van der Waals surface area (Å²) in [5.41, 5.74) is 6.85. The van der Waals surface area contributed by atoms with E-state index in [4.69, 9.17) is 10.5 Å². The van der Waals surface area contributed by atoms with Crippen LogP contribution < -0.4 is 11.1 Å². The quantitative estimate of drug-likeness (QED) is 0.858. The Morgan fingerprint density at radius 1 is 1.33 bits per heavy atom. The summed E-state index contributed by atoms with van der Waals surface area (Å²) in [5.74, 6) is -0.107. The van der Waals surface area contributed by atoms with Crippen molar-refractivity contribution in [2.24, 2.45) is 5.73 Å². The van der Waals surface area contributed by atoms with E-state index in [9.17, 15) is 4.79 Å². The molecule has 0 radical (unpaired) electrons. The number of halogens is 1. The van der Waals surface area contributed by atoms with Gasteiger partial charge in [0.05, 0.1) is 6.61 Å². The summed E-state index contributed by atoms with van der Waals surface area (Å²) in [4.78, 5) is 11.9. The molecule has 0 spiro atoms. The highest BCUT2D eigenvalue weighted by Crippen LogP contribution is 2.07. The van der Waals surface area contributed by atoms with E-state index in [2.05, 4.69) is 5.32 Å². The highest BCUT2D eigenvalue weighted by atomic mass is 35.5. The van der Waals surface area contributed by atoms with Gasteiger partial charge in [-0.3, -0.25) is 4.79 Å². The topological polar surface area (TPSA) is 64.3 Å². The summed E-state index contributed by atoms with van der Waals surface area (Å²) in [6, 6.07) is 7.34. The second kappa shape index (κ2) is 7.36. The van der Waals surface area contributed by atoms with Crippen molar-refractivity contribution < 1.29 is 9.53 Å². The SMILES string of the molecule is COCc1ccc(C(=O)NC(C)(C)CN)cc1.Cl. The summed E-state index contributed by atoms with van der Waals surface area (Å²) < 4.78 is 5.01. The molecule has 0 fully saturated rings. The maximum atomic E-state index is 11.9. The van der Waals surface area contributed by atoms with Gasteiger partial charge in [0.25, 0.3) is 5.91 Å². The second-order valence-electron chi connectivity index (χ2n) is 4.67. The first-order chi connectivity index (χ1) is 7.98. The standard InChI is InChI=1S/C13H20N2O2.ClH/c1-13(2,9-14)15-12(16)11-6-4-10(5-7-11)8-17-3;/h4-7H,8-9,14H2,1-3H3,(H,15,16);1H. The Labute approximate surface area is 114 Å². The van der Waals surface area contributed by atoms with Crippen molar-refractivity contribution >= 4 is 18.3 Å². The van der Waals surface area contributed by atoms with Gasteiger partial charge < -0.3 is 15.8 Å². The number of hydrogen-bond acceptors (Lipinski definition) is 3. The minimum atomic E-state index is -0.387. The number of rotatable bonds is 5. The molecule has 0 aliphatic carbocycles. The number of nitrogens with one attached hydrogen (secondary N) is 1. The van der Waals surface area contributed by atoms with E-state index in [-0.39, 0.29) is 23.9 Å². The molecule has 3 N–H and O–H groups in total. The number of amides is 1. The molecule has 0 bridgehead atoms. The minimum Gasteiger partial charge on any atom is -0.380 e. The Hall–Kier alpha value is -1.10. The molecular weight excluding hydrogens is 252 g/mol. The van der Waals surface area contributed by atoms with Crippen LogP contribution in [0.15, 0.2) is 24.3 Å². The highest BCUT2D eigenvalue weighted by Gasteiger charge is 2.18. The molecule has 1 aromatic rings. The van der Waals surface area contributed by atoms with Gasteiger partial charge in [0.15, 0.2) is 0 Å². The minimum absolute atomic E-state index is 0. The lowest BCUT2D eigenvalue weighted by molar-refractivity contribution is 0.0915. The Bertz CT molecular complexity index is 377. The normalized spacial score (nSPS) is 10.7. The molecule has 0 aromatic heterocycles. The Balaban J connectivity index is 0.00000289. The summed E-state index contributed by atoms with van der Waals surface area (Å²) in [6.07, 6.45) is 0. The van der Waals surface area contributed by atoms with E-state index >= 15 is 0 Å². The van der Waals surface area contributed by atoms with Crippen molar-refractivity contribution in [3.63, 3.8) is 0 Å². The number of carbonyl (C=O) groups excluding carboxylic acids is 1. The Morgan fingerprint density at radius 3 is 2.33 bits per heavy atom. The van der Waals surface area contributed by atoms with Crippen LogP contribution in [0, 0.1) is 0 Å². The van der Waals surface area contributed by atoms with Crippen LogP contribution in [-0.4, -0.2) is 25.1 Å². The van der Waals surface area contributed by atoms with Gasteiger partial charge in [0.2, 0.25) is 0 Å². The number of benzene rings is 1. The van der Waals surface area contributed by atoms with E-state index in [0.29, 0.717) is 18.7 Å². The average molecular weight is 273 g/mol. The van der Waals surface area contributed by atoms with Gasteiger partial charge in [0.1, 0.15) is 0 Å². The zero-order valence-corrected chi connectivity index (χ0v) is 11.8. The summed E-state index contributed by atoms with van der Waals surface area (Å²) in [7, 11) is 1.64. The van der Waals surface area contributed by atoms with Gasteiger partial charge in [-0.05, 0) is 31.5 Å². The largest absolute Gasteiger partial charge is 0.380 e. The van der Waals surface area contributed by atoms with Crippen LogP contribution in [0.4, 0.5) is 0 Å². The molecule has 0 aliphatic rings. The number of hydrogen-bond donors (Lipinski definition) is 2. The molecular formula is C13H21ClN2O2. The molecule has 0 saturated carbocycles. The van der Waals surface area contributed by atoms with Crippen molar-refractivity contribution in [1.82, 2.24) is 5.32 Å². The van der Waals surface area contributed by atoms with Gasteiger partial charge in [-0.25, -0.2) is 0 Å². The van der Waals surface area contributed by atoms with Gasteiger partial charge in [-0.15, -0.1) is 12.4 Å². The van der Waals surface area contributed by atoms with Crippen molar-refractivity contribution in [1.29, 1.82) is 0 Å². The Morgan fingerprint density at radius 2 is 1.89 bits per heavy atom. The molecule has 0 heterocycles. The predicted octanol–water partition coefficient (Wildman–Crippen LogP) is 1.72. The van der Waals surface area contributed by atoms with E-state index in [0.717, 1.165) is 5.56 Å². The summed E-state index contributed by atoms with van der Waals surface area (Å²) >= 11 is 0. The smallest absolute Gasteiger partial charge is 0.251 e. The predicted molar refractivity (Wildman–Crippen MR) is 75.0 cm³/mol. The van der Waals surface area contributed by atoms with E-state index in [1.54, 1.807) is 19.2 Å². The Kier molecular flexibility index (Phi) is 6.91. The molecule has 1 aromatic carbocycles. The highest BCUT2D eigenvalue weighted by molar-refractivity contribution is 5.94. The molecule has 102 valence electrons. The number of methoxy groups -OCH3 is 1. The van der Waals surface area contributed by atoms with Crippen LogP contribution in [-0.2, 0) is 11.3 Å². The second-order valence-corrected chi connectivity index (χ2v) is 4.67. The van der Waals surface area contributed by atoms with Gasteiger partial charge in [0, 0.05) is 24.8 Å². The van der Waals surface area contributed by atoms with Crippen LogP contribution in [0.1, 0.15) is 29.8 Å². The summed E-state index contributed by atoms with van der Waals surface area (Å²) in [6.45, 7) is 4.74. The fourth-order valence-electron chi connectivity index (χ4n) is 1.35. The zero-order chi connectivity index (χ0) is 12.9. The third-order valence-electron chi connectivity index (χ3n) is 2.49. The zero-order valence-electron chi connectivity index (χ0n) is 11.0. The van der Waals surface area contributed by atoms with E-state index in [1.165, 1.54) is 0 Å². The number of carbonyl (C=O) groups is 1. The molecule has 0 saturated heterocycles. The maximum Gasteiger partial charge on any atom is 0.251 e. The van der Waals surface area contributed by atoms with E-state index in [1.807, 2.05) is 26.0 Å². The third-order valence-corrected chi connectivity index (χ3v) is 2.49. The van der Waals surface area contributed by atoms with Gasteiger partial charge >= 0.3 is 0 Å². The number of nitrogens with two attached hydrogens (primary N) is 1. The first-order valence-corrected chi connectivity index (χ1v) is 5.59. The average Bonchev–Trinajstić information content (AvgIpc) is 2.30. The van der Waals surface area contributed by atoms with Crippen molar-refractivity contribution in [3.8, 4) is 0 Å². The molecule has 5 heteroatoms. The lowest BCUT2D eigenvalue weighted by Gasteiger charge is -2.24. The van der Waals surface area contributed by atoms with Crippen molar-refractivity contribution in [3.05, 3.63) is 35.4 Å². The van der Waals surface area contributed by atoms with Crippen LogP contribution in [0.25, 0.3) is 0 Å². The fraction of sp³-hybridized carbons (Fsp3) is 0.462. The van der Waals surface area contributed by atoms with Crippen molar-refractivity contribution in [2.75, 3.05) is 13.7 Å². The molecule has 4 nitrogen and oxygen atoms in total. The van der Waals surface area contributed by atoms with Gasteiger partial charge in [-0.2, -0.15) is 0 Å².